The second kappa shape index (κ2) is 7.07. The molecule has 1 aromatic rings. The molecule has 0 saturated carbocycles. The molecule has 1 amide bonds. The van der Waals surface area contributed by atoms with Crippen LogP contribution in [-0.2, 0) is 6.54 Å². The highest BCUT2D eigenvalue weighted by Crippen LogP contribution is 2.18. The van der Waals surface area contributed by atoms with Crippen LogP contribution < -0.4 is 11.1 Å². The molecule has 1 aliphatic rings. The Labute approximate surface area is 125 Å². The average molecular weight is 296 g/mol. The van der Waals surface area contributed by atoms with Crippen molar-refractivity contribution >= 4 is 17.5 Å². The summed E-state index contributed by atoms with van der Waals surface area (Å²) in [5.41, 5.74) is 6.67. The number of likely N-dealkylation sites (tertiary alicyclic amines) is 1. The van der Waals surface area contributed by atoms with Gasteiger partial charge in [0.05, 0.1) is 0 Å². The van der Waals surface area contributed by atoms with Gasteiger partial charge in [0, 0.05) is 29.7 Å². The molecule has 0 radical (unpaired) electrons. The Kier molecular flexibility index (Phi) is 5.40. The fraction of sp³-hybridized carbons (Fsp3) is 0.533. The molecule has 0 spiro atoms. The highest BCUT2D eigenvalue weighted by Gasteiger charge is 2.14. The first-order chi connectivity index (χ1) is 9.56. The van der Waals surface area contributed by atoms with Gasteiger partial charge in [-0.2, -0.15) is 0 Å². The predicted molar refractivity (Wildman–Crippen MR) is 81.9 cm³/mol. The van der Waals surface area contributed by atoms with E-state index in [9.17, 15) is 4.79 Å². The third-order valence-corrected chi connectivity index (χ3v) is 4.06. The molecular formula is C15H22ClN3O. The van der Waals surface area contributed by atoms with Crippen LogP contribution in [0.4, 0.5) is 0 Å². The highest BCUT2D eigenvalue weighted by atomic mass is 35.5. The maximum Gasteiger partial charge on any atom is 0.248 e. The molecule has 1 aliphatic heterocycles. The van der Waals surface area contributed by atoms with Crippen molar-refractivity contribution in [3.05, 3.63) is 34.3 Å². The number of primary amides is 1. The summed E-state index contributed by atoms with van der Waals surface area (Å²) >= 11 is 6.17. The number of hydrogen-bond acceptors (Lipinski definition) is 3. The lowest BCUT2D eigenvalue weighted by Crippen LogP contribution is -2.37. The fourth-order valence-corrected chi connectivity index (χ4v) is 2.79. The SMILES string of the molecule is CC(CN1CCCC1)NCc1ccc(C(N)=O)cc1Cl. The molecule has 1 heterocycles. The summed E-state index contributed by atoms with van der Waals surface area (Å²) in [6.07, 6.45) is 2.63. The largest absolute Gasteiger partial charge is 0.366 e. The Balaban J connectivity index is 1.85. The molecule has 0 bridgehead atoms. The molecule has 1 fully saturated rings. The van der Waals surface area contributed by atoms with Gasteiger partial charge in [0.2, 0.25) is 5.91 Å². The molecule has 20 heavy (non-hydrogen) atoms. The molecule has 2 rings (SSSR count). The van der Waals surface area contributed by atoms with Crippen molar-refractivity contribution in [2.45, 2.75) is 32.4 Å². The van der Waals surface area contributed by atoms with Crippen molar-refractivity contribution < 1.29 is 4.79 Å². The lowest BCUT2D eigenvalue weighted by Gasteiger charge is -2.21. The zero-order chi connectivity index (χ0) is 14.5. The molecule has 1 unspecified atom stereocenters. The van der Waals surface area contributed by atoms with E-state index in [2.05, 4.69) is 17.1 Å². The van der Waals surface area contributed by atoms with Crippen LogP contribution >= 0.6 is 11.6 Å². The summed E-state index contributed by atoms with van der Waals surface area (Å²) in [6, 6.07) is 5.63. The Bertz CT molecular complexity index is 472. The summed E-state index contributed by atoms with van der Waals surface area (Å²) in [6.45, 7) is 6.37. The smallest absolute Gasteiger partial charge is 0.248 e. The molecule has 1 saturated heterocycles. The van der Waals surface area contributed by atoms with E-state index < -0.39 is 5.91 Å². The summed E-state index contributed by atoms with van der Waals surface area (Å²) in [5.74, 6) is -0.450. The van der Waals surface area contributed by atoms with Gasteiger partial charge in [-0.3, -0.25) is 4.79 Å². The van der Waals surface area contributed by atoms with Gasteiger partial charge in [-0.1, -0.05) is 17.7 Å². The van der Waals surface area contributed by atoms with Gasteiger partial charge in [-0.05, 0) is 50.6 Å². The fourth-order valence-electron chi connectivity index (χ4n) is 2.55. The highest BCUT2D eigenvalue weighted by molar-refractivity contribution is 6.31. The third kappa shape index (κ3) is 4.20. The maximum absolute atomic E-state index is 11.1. The number of rotatable bonds is 6. The van der Waals surface area contributed by atoms with Crippen LogP contribution in [0.15, 0.2) is 18.2 Å². The summed E-state index contributed by atoms with van der Waals surface area (Å²) < 4.78 is 0. The molecule has 3 N–H and O–H groups in total. The molecule has 0 aliphatic carbocycles. The molecule has 1 atom stereocenters. The number of amides is 1. The Morgan fingerprint density at radius 2 is 2.15 bits per heavy atom. The second-order valence-corrected chi connectivity index (χ2v) is 5.87. The summed E-state index contributed by atoms with van der Waals surface area (Å²) in [7, 11) is 0. The second-order valence-electron chi connectivity index (χ2n) is 5.46. The van der Waals surface area contributed by atoms with Gasteiger partial charge in [-0.15, -0.1) is 0 Å². The maximum atomic E-state index is 11.1. The van der Waals surface area contributed by atoms with Crippen LogP contribution in [0.25, 0.3) is 0 Å². The number of nitrogens with zero attached hydrogens (tertiary/aromatic N) is 1. The average Bonchev–Trinajstić information content (AvgIpc) is 2.90. The third-order valence-electron chi connectivity index (χ3n) is 3.71. The zero-order valence-corrected chi connectivity index (χ0v) is 12.6. The first-order valence-electron chi connectivity index (χ1n) is 7.10. The van der Waals surface area contributed by atoms with Crippen molar-refractivity contribution in [2.24, 2.45) is 5.73 Å². The van der Waals surface area contributed by atoms with E-state index >= 15 is 0 Å². The van der Waals surface area contributed by atoms with Gasteiger partial charge in [0.1, 0.15) is 0 Å². The number of nitrogens with two attached hydrogens (primary N) is 1. The van der Waals surface area contributed by atoms with Crippen molar-refractivity contribution in [1.29, 1.82) is 0 Å². The van der Waals surface area contributed by atoms with Crippen molar-refractivity contribution in [2.75, 3.05) is 19.6 Å². The normalized spacial score (nSPS) is 17.3. The van der Waals surface area contributed by atoms with Crippen LogP contribution in [0, 0.1) is 0 Å². The van der Waals surface area contributed by atoms with Crippen molar-refractivity contribution in [3.8, 4) is 0 Å². The first kappa shape index (κ1) is 15.3. The van der Waals surface area contributed by atoms with E-state index in [0.717, 1.165) is 12.1 Å². The van der Waals surface area contributed by atoms with Crippen LogP contribution in [0.3, 0.4) is 0 Å². The first-order valence-corrected chi connectivity index (χ1v) is 7.48. The van der Waals surface area contributed by atoms with Gasteiger partial charge in [0.15, 0.2) is 0 Å². The Morgan fingerprint density at radius 3 is 2.75 bits per heavy atom. The molecule has 110 valence electrons. The number of benzene rings is 1. The summed E-state index contributed by atoms with van der Waals surface area (Å²) in [5, 5.41) is 4.06. The predicted octanol–water partition coefficient (Wildman–Crippen LogP) is 2.01. The zero-order valence-electron chi connectivity index (χ0n) is 11.9. The van der Waals surface area contributed by atoms with E-state index in [-0.39, 0.29) is 0 Å². The minimum absolute atomic E-state index is 0.417. The number of carbonyl (C=O) groups is 1. The van der Waals surface area contributed by atoms with Crippen LogP contribution in [0.5, 0.6) is 0 Å². The minimum atomic E-state index is -0.450. The minimum Gasteiger partial charge on any atom is -0.366 e. The van der Waals surface area contributed by atoms with E-state index in [4.69, 9.17) is 17.3 Å². The van der Waals surface area contributed by atoms with Crippen LogP contribution in [0.2, 0.25) is 5.02 Å². The van der Waals surface area contributed by atoms with Crippen LogP contribution in [0.1, 0.15) is 35.7 Å². The summed E-state index contributed by atoms with van der Waals surface area (Å²) in [4.78, 5) is 13.5. The number of halogens is 1. The number of hydrogen-bond donors (Lipinski definition) is 2. The van der Waals surface area contributed by atoms with Crippen LogP contribution in [-0.4, -0.2) is 36.5 Å². The van der Waals surface area contributed by atoms with Crippen molar-refractivity contribution in [3.63, 3.8) is 0 Å². The topological polar surface area (TPSA) is 58.4 Å². The number of nitrogens with one attached hydrogen (secondary N) is 1. The van der Waals surface area contributed by atoms with E-state index in [1.807, 2.05) is 6.07 Å². The Morgan fingerprint density at radius 1 is 1.45 bits per heavy atom. The van der Waals surface area contributed by atoms with Crippen molar-refractivity contribution in [1.82, 2.24) is 10.2 Å². The van der Waals surface area contributed by atoms with E-state index in [1.54, 1.807) is 12.1 Å². The van der Waals surface area contributed by atoms with Gasteiger partial charge in [0.25, 0.3) is 0 Å². The Hall–Kier alpha value is -1.10. The lowest BCUT2D eigenvalue weighted by atomic mass is 10.1. The van der Waals surface area contributed by atoms with Gasteiger partial charge in [-0.25, -0.2) is 0 Å². The standard InChI is InChI=1S/C15H22ClN3O/c1-11(10-19-6-2-3-7-19)18-9-13-5-4-12(15(17)20)8-14(13)16/h4-5,8,11,18H,2-3,6-7,9-10H2,1H3,(H2,17,20). The monoisotopic (exact) mass is 295 g/mol. The number of carbonyl (C=O) groups excluding carboxylic acids is 1. The quantitative estimate of drug-likeness (QED) is 0.844. The molecule has 5 heteroatoms. The molecule has 4 nitrogen and oxygen atoms in total. The lowest BCUT2D eigenvalue weighted by molar-refractivity contribution is 0.100. The van der Waals surface area contributed by atoms with E-state index in [1.165, 1.54) is 25.9 Å². The molecular weight excluding hydrogens is 274 g/mol. The van der Waals surface area contributed by atoms with Gasteiger partial charge >= 0.3 is 0 Å². The van der Waals surface area contributed by atoms with Gasteiger partial charge < -0.3 is 16.0 Å². The van der Waals surface area contributed by atoms with E-state index in [0.29, 0.717) is 23.2 Å². The molecule has 1 aromatic carbocycles. The molecule has 0 aromatic heterocycles.